The summed E-state index contributed by atoms with van der Waals surface area (Å²) >= 11 is 0. The summed E-state index contributed by atoms with van der Waals surface area (Å²) in [5.74, 6) is -0.894. The number of nitrogens with one attached hydrogen (secondary N) is 2. The molecule has 0 aromatic heterocycles. The highest BCUT2D eigenvalue weighted by Gasteiger charge is 2.02. The molecule has 128 valence electrons. The molecule has 3 amide bonds. The Balaban J connectivity index is 1.89. The van der Waals surface area contributed by atoms with Gasteiger partial charge in [0.1, 0.15) is 0 Å². The molecular formula is C19H19N3O3. The van der Waals surface area contributed by atoms with E-state index in [1.54, 1.807) is 54.6 Å². The molecule has 0 heterocycles. The summed E-state index contributed by atoms with van der Waals surface area (Å²) in [7, 11) is 0. The van der Waals surface area contributed by atoms with Crippen LogP contribution in [-0.4, -0.2) is 17.7 Å². The highest BCUT2D eigenvalue weighted by atomic mass is 16.2. The van der Waals surface area contributed by atoms with E-state index in [1.165, 1.54) is 13.0 Å². The topological polar surface area (TPSA) is 101 Å². The molecule has 0 fully saturated rings. The summed E-state index contributed by atoms with van der Waals surface area (Å²) in [5.41, 5.74) is 7.95. The molecule has 0 aliphatic carbocycles. The fourth-order valence-corrected chi connectivity index (χ4v) is 2.14. The first-order chi connectivity index (χ1) is 11.9. The predicted octanol–water partition coefficient (Wildman–Crippen LogP) is 2.07. The van der Waals surface area contributed by atoms with Crippen LogP contribution in [0, 0.1) is 0 Å². The van der Waals surface area contributed by atoms with Crippen molar-refractivity contribution < 1.29 is 14.4 Å². The molecule has 0 atom stereocenters. The molecule has 0 bridgehead atoms. The van der Waals surface area contributed by atoms with Crippen LogP contribution in [0.3, 0.4) is 0 Å². The molecular weight excluding hydrogens is 318 g/mol. The number of benzene rings is 2. The van der Waals surface area contributed by atoms with Gasteiger partial charge in [0.05, 0.1) is 0 Å². The van der Waals surface area contributed by atoms with Crippen molar-refractivity contribution in [2.24, 2.45) is 5.73 Å². The van der Waals surface area contributed by atoms with Crippen LogP contribution >= 0.6 is 0 Å². The summed E-state index contributed by atoms with van der Waals surface area (Å²) in [6, 6.07) is 13.9. The molecule has 2 rings (SSSR count). The molecule has 0 saturated heterocycles. The molecule has 4 N–H and O–H groups in total. The summed E-state index contributed by atoms with van der Waals surface area (Å²) < 4.78 is 0. The second-order valence-electron chi connectivity index (χ2n) is 5.42. The van der Waals surface area contributed by atoms with Crippen molar-refractivity contribution in [3.63, 3.8) is 0 Å². The SMILES string of the molecule is CC(=O)Nc1ccc(/C=C/C(=O)NCc2cccc(C(N)=O)c2)cc1. The van der Waals surface area contributed by atoms with E-state index >= 15 is 0 Å². The van der Waals surface area contributed by atoms with Gasteiger partial charge in [-0.1, -0.05) is 24.3 Å². The van der Waals surface area contributed by atoms with E-state index in [4.69, 9.17) is 5.73 Å². The lowest BCUT2D eigenvalue weighted by Gasteiger charge is -2.04. The fraction of sp³-hybridized carbons (Fsp3) is 0.105. The Labute approximate surface area is 145 Å². The average molecular weight is 337 g/mol. The van der Waals surface area contributed by atoms with Crippen molar-refractivity contribution in [1.82, 2.24) is 5.32 Å². The van der Waals surface area contributed by atoms with Gasteiger partial charge in [0.25, 0.3) is 0 Å². The van der Waals surface area contributed by atoms with Gasteiger partial charge in [0, 0.05) is 30.8 Å². The van der Waals surface area contributed by atoms with Gasteiger partial charge in [-0.15, -0.1) is 0 Å². The molecule has 2 aromatic rings. The van der Waals surface area contributed by atoms with Gasteiger partial charge in [0.15, 0.2) is 0 Å². The lowest BCUT2D eigenvalue weighted by molar-refractivity contribution is -0.116. The van der Waals surface area contributed by atoms with E-state index in [1.807, 2.05) is 0 Å². The van der Waals surface area contributed by atoms with Gasteiger partial charge in [-0.05, 0) is 41.5 Å². The zero-order chi connectivity index (χ0) is 18.2. The Hall–Kier alpha value is -3.41. The van der Waals surface area contributed by atoms with Crippen molar-refractivity contribution in [2.45, 2.75) is 13.5 Å². The van der Waals surface area contributed by atoms with Gasteiger partial charge in [-0.2, -0.15) is 0 Å². The van der Waals surface area contributed by atoms with E-state index in [0.717, 1.165) is 11.1 Å². The molecule has 0 aliphatic heterocycles. The zero-order valence-corrected chi connectivity index (χ0v) is 13.8. The minimum absolute atomic E-state index is 0.136. The highest BCUT2D eigenvalue weighted by molar-refractivity contribution is 5.93. The van der Waals surface area contributed by atoms with Crippen LogP contribution in [0.15, 0.2) is 54.6 Å². The number of hydrogen-bond donors (Lipinski definition) is 3. The normalized spacial score (nSPS) is 10.4. The van der Waals surface area contributed by atoms with E-state index < -0.39 is 5.91 Å². The van der Waals surface area contributed by atoms with Crippen LogP contribution in [0.25, 0.3) is 6.08 Å². The van der Waals surface area contributed by atoms with E-state index in [9.17, 15) is 14.4 Å². The zero-order valence-electron chi connectivity index (χ0n) is 13.8. The quantitative estimate of drug-likeness (QED) is 0.703. The Kier molecular flexibility index (Phi) is 6.06. The molecule has 6 nitrogen and oxygen atoms in total. The lowest BCUT2D eigenvalue weighted by atomic mass is 10.1. The standard InChI is InChI=1S/C19H19N3O3/c1-13(23)22-17-8-5-14(6-9-17)7-10-18(24)21-12-15-3-2-4-16(11-15)19(20)25/h2-11H,12H2,1H3,(H2,20,25)(H,21,24)(H,22,23)/b10-7+. The molecule has 0 radical (unpaired) electrons. The Morgan fingerprint density at radius 1 is 1.08 bits per heavy atom. The van der Waals surface area contributed by atoms with Crippen molar-refractivity contribution >= 4 is 29.5 Å². The molecule has 0 saturated carbocycles. The van der Waals surface area contributed by atoms with Crippen LogP contribution in [0.5, 0.6) is 0 Å². The van der Waals surface area contributed by atoms with Crippen molar-refractivity contribution in [3.8, 4) is 0 Å². The monoisotopic (exact) mass is 337 g/mol. The maximum Gasteiger partial charge on any atom is 0.248 e. The number of nitrogens with two attached hydrogens (primary N) is 1. The third-order valence-electron chi connectivity index (χ3n) is 3.34. The number of anilines is 1. The third-order valence-corrected chi connectivity index (χ3v) is 3.34. The lowest BCUT2D eigenvalue weighted by Crippen LogP contribution is -2.20. The minimum atomic E-state index is -0.504. The Morgan fingerprint density at radius 3 is 2.44 bits per heavy atom. The van der Waals surface area contributed by atoms with E-state index in [2.05, 4.69) is 10.6 Å². The number of amides is 3. The molecule has 0 aliphatic rings. The van der Waals surface area contributed by atoms with Crippen LogP contribution < -0.4 is 16.4 Å². The highest BCUT2D eigenvalue weighted by Crippen LogP contribution is 2.10. The summed E-state index contributed by atoms with van der Waals surface area (Å²) in [4.78, 5) is 34.0. The van der Waals surface area contributed by atoms with Gasteiger partial charge >= 0.3 is 0 Å². The largest absolute Gasteiger partial charge is 0.366 e. The number of carbonyl (C=O) groups is 3. The van der Waals surface area contributed by atoms with Crippen LogP contribution in [0.2, 0.25) is 0 Å². The third kappa shape index (κ3) is 5.95. The number of primary amides is 1. The fourth-order valence-electron chi connectivity index (χ4n) is 2.14. The molecule has 6 heteroatoms. The maximum atomic E-state index is 11.9. The van der Waals surface area contributed by atoms with Gasteiger partial charge in [-0.25, -0.2) is 0 Å². The Bertz CT molecular complexity index is 811. The predicted molar refractivity (Wildman–Crippen MR) is 96.6 cm³/mol. The van der Waals surface area contributed by atoms with Crippen molar-refractivity contribution in [1.29, 1.82) is 0 Å². The Morgan fingerprint density at radius 2 is 1.80 bits per heavy atom. The first-order valence-corrected chi connectivity index (χ1v) is 7.66. The van der Waals surface area contributed by atoms with Crippen LogP contribution in [0.1, 0.15) is 28.4 Å². The summed E-state index contributed by atoms with van der Waals surface area (Å²) in [5, 5.41) is 5.41. The molecule has 0 unspecified atom stereocenters. The molecule has 25 heavy (non-hydrogen) atoms. The second kappa shape index (κ2) is 8.44. The molecule has 2 aromatic carbocycles. The number of carbonyl (C=O) groups excluding carboxylic acids is 3. The van der Waals surface area contributed by atoms with E-state index in [0.29, 0.717) is 17.8 Å². The number of hydrogen-bond acceptors (Lipinski definition) is 3. The first kappa shape index (κ1) is 17.9. The maximum absolute atomic E-state index is 11.9. The first-order valence-electron chi connectivity index (χ1n) is 7.66. The van der Waals surface area contributed by atoms with E-state index in [-0.39, 0.29) is 11.8 Å². The second-order valence-corrected chi connectivity index (χ2v) is 5.42. The van der Waals surface area contributed by atoms with Gasteiger partial charge in [0.2, 0.25) is 17.7 Å². The van der Waals surface area contributed by atoms with Crippen LogP contribution in [0.4, 0.5) is 5.69 Å². The summed E-state index contributed by atoms with van der Waals surface area (Å²) in [6.07, 6.45) is 3.10. The van der Waals surface area contributed by atoms with Crippen molar-refractivity contribution in [3.05, 3.63) is 71.3 Å². The van der Waals surface area contributed by atoms with Crippen LogP contribution in [-0.2, 0) is 16.1 Å². The summed E-state index contributed by atoms with van der Waals surface area (Å²) in [6.45, 7) is 1.74. The van der Waals surface area contributed by atoms with Gasteiger partial charge in [-0.3, -0.25) is 14.4 Å². The minimum Gasteiger partial charge on any atom is -0.366 e. The average Bonchev–Trinajstić information content (AvgIpc) is 2.59. The molecule has 0 spiro atoms. The number of rotatable bonds is 6. The van der Waals surface area contributed by atoms with Crippen molar-refractivity contribution in [2.75, 3.05) is 5.32 Å². The van der Waals surface area contributed by atoms with Gasteiger partial charge < -0.3 is 16.4 Å². The smallest absolute Gasteiger partial charge is 0.248 e.